The highest BCUT2D eigenvalue weighted by molar-refractivity contribution is 8.00. The molecule has 2 aromatic carbocycles. The van der Waals surface area contributed by atoms with Crippen LogP contribution in [0.3, 0.4) is 0 Å². The van der Waals surface area contributed by atoms with Crippen LogP contribution in [0.25, 0.3) is 5.69 Å². The van der Waals surface area contributed by atoms with E-state index in [4.69, 9.17) is 0 Å². The second-order valence-electron chi connectivity index (χ2n) is 8.02. The van der Waals surface area contributed by atoms with Gasteiger partial charge >= 0.3 is 0 Å². The molecule has 4 rings (SSSR count). The molecule has 1 N–H and O–H groups in total. The summed E-state index contributed by atoms with van der Waals surface area (Å²) in [4.78, 5) is 15.2. The first-order chi connectivity index (χ1) is 16.9. The molecule has 178 valence electrons. The second-order valence-corrected chi connectivity index (χ2v) is 11.6. The van der Waals surface area contributed by atoms with Crippen molar-refractivity contribution in [2.24, 2.45) is 0 Å². The van der Waals surface area contributed by atoms with Gasteiger partial charge in [-0.2, -0.15) is 5.26 Å². The Morgan fingerprint density at radius 1 is 1.11 bits per heavy atom. The molecule has 2 heterocycles. The number of hydrogen-bond donors (Lipinski definition) is 1. The Bertz CT molecular complexity index is 1370. The van der Waals surface area contributed by atoms with Crippen molar-refractivity contribution in [1.29, 1.82) is 5.26 Å². The van der Waals surface area contributed by atoms with Crippen LogP contribution in [0.4, 0.5) is 5.00 Å². The molecule has 1 atom stereocenters. The molecule has 4 aromatic rings. The van der Waals surface area contributed by atoms with Crippen LogP contribution in [0.15, 0.2) is 64.6 Å². The Morgan fingerprint density at radius 2 is 1.83 bits per heavy atom. The van der Waals surface area contributed by atoms with Gasteiger partial charge in [-0.3, -0.25) is 9.36 Å². The van der Waals surface area contributed by atoms with Crippen molar-refractivity contribution in [3.8, 4) is 11.8 Å². The molecular weight excluding hydrogens is 495 g/mol. The van der Waals surface area contributed by atoms with E-state index in [0.717, 1.165) is 26.8 Å². The number of nitrogens with zero attached hydrogens (tertiary/aromatic N) is 4. The Kier molecular flexibility index (Phi) is 7.96. The molecule has 0 saturated heterocycles. The number of amides is 1. The Hall–Kier alpha value is -3.06. The summed E-state index contributed by atoms with van der Waals surface area (Å²) in [6, 6.07) is 20.5. The van der Waals surface area contributed by atoms with Gasteiger partial charge in [0.15, 0.2) is 5.16 Å². The van der Waals surface area contributed by atoms with Gasteiger partial charge < -0.3 is 5.32 Å². The molecule has 0 saturated carbocycles. The van der Waals surface area contributed by atoms with Crippen molar-refractivity contribution < 1.29 is 4.79 Å². The summed E-state index contributed by atoms with van der Waals surface area (Å²) < 4.78 is 2.01. The Balaban J connectivity index is 1.55. The predicted molar refractivity (Wildman–Crippen MR) is 145 cm³/mol. The topological polar surface area (TPSA) is 83.6 Å². The van der Waals surface area contributed by atoms with Crippen LogP contribution in [-0.4, -0.2) is 25.9 Å². The van der Waals surface area contributed by atoms with Crippen LogP contribution in [0.1, 0.15) is 34.3 Å². The molecule has 6 nitrogen and oxygen atoms in total. The minimum atomic E-state index is -0.437. The SMILES string of the molecule is Cc1ccc(SCc2nnc(SC(C)C(=O)Nc3sc(C)c(C)c3C#N)n2-c2ccccc2)cc1. The number of para-hydroxylation sites is 1. The molecule has 0 spiro atoms. The van der Waals surface area contributed by atoms with Crippen molar-refractivity contribution in [1.82, 2.24) is 14.8 Å². The zero-order valence-electron chi connectivity index (χ0n) is 19.9. The van der Waals surface area contributed by atoms with Gasteiger partial charge in [0.2, 0.25) is 5.91 Å². The second kappa shape index (κ2) is 11.1. The number of nitriles is 1. The average molecular weight is 520 g/mol. The number of nitrogens with one attached hydrogen (secondary N) is 1. The third-order valence-corrected chi connectivity index (χ3v) is 8.66. The summed E-state index contributed by atoms with van der Waals surface area (Å²) in [7, 11) is 0. The molecule has 2 aromatic heterocycles. The summed E-state index contributed by atoms with van der Waals surface area (Å²) in [6.45, 7) is 7.76. The van der Waals surface area contributed by atoms with E-state index < -0.39 is 5.25 Å². The molecule has 0 aliphatic rings. The molecule has 9 heteroatoms. The largest absolute Gasteiger partial charge is 0.316 e. The van der Waals surface area contributed by atoms with Gasteiger partial charge in [0.25, 0.3) is 0 Å². The van der Waals surface area contributed by atoms with E-state index in [9.17, 15) is 10.1 Å². The predicted octanol–water partition coefficient (Wildman–Crippen LogP) is 6.54. The number of thioether (sulfide) groups is 2. The van der Waals surface area contributed by atoms with E-state index in [1.807, 2.05) is 55.7 Å². The lowest BCUT2D eigenvalue weighted by Gasteiger charge is -2.13. The molecule has 35 heavy (non-hydrogen) atoms. The van der Waals surface area contributed by atoms with Gasteiger partial charge in [-0.1, -0.05) is 47.7 Å². The van der Waals surface area contributed by atoms with E-state index >= 15 is 0 Å². The third-order valence-electron chi connectivity index (χ3n) is 5.49. The highest BCUT2D eigenvalue weighted by atomic mass is 32.2. The summed E-state index contributed by atoms with van der Waals surface area (Å²) in [5, 5.41) is 22.1. The van der Waals surface area contributed by atoms with Crippen molar-refractivity contribution in [3.63, 3.8) is 0 Å². The number of hydrogen-bond acceptors (Lipinski definition) is 7. The third kappa shape index (κ3) is 5.78. The number of thiophene rings is 1. The van der Waals surface area contributed by atoms with Gasteiger partial charge in [0.05, 0.1) is 16.6 Å². The molecule has 1 unspecified atom stereocenters. The first-order valence-corrected chi connectivity index (χ1v) is 13.7. The maximum atomic E-state index is 13.0. The monoisotopic (exact) mass is 519 g/mol. The van der Waals surface area contributed by atoms with E-state index in [-0.39, 0.29) is 5.91 Å². The average Bonchev–Trinajstić information content (AvgIpc) is 3.38. The number of carbonyl (C=O) groups excluding carboxylic acids is 1. The summed E-state index contributed by atoms with van der Waals surface area (Å²) >= 11 is 4.48. The number of anilines is 1. The van der Waals surface area contributed by atoms with E-state index in [1.165, 1.54) is 28.7 Å². The molecule has 0 fully saturated rings. The van der Waals surface area contributed by atoms with E-state index in [1.54, 1.807) is 11.8 Å². The van der Waals surface area contributed by atoms with Gasteiger partial charge in [-0.25, -0.2) is 0 Å². The van der Waals surface area contributed by atoms with Crippen LogP contribution in [0.5, 0.6) is 0 Å². The number of aryl methyl sites for hydroxylation is 2. The normalized spacial score (nSPS) is 11.7. The van der Waals surface area contributed by atoms with Crippen molar-refractivity contribution in [2.45, 2.75) is 48.7 Å². The van der Waals surface area contributed by atoms with Crippen molar-refractivity contribution in [2.75, 3.05) is 5.32 Å². The van der Waals surface area contributed by atoms with E-state index in [2.05, 4.69) is 52.8 Å². The lowest BCUT2D eigenvalue weighted by atomic mass is 10.2. The van der Waals surface area contributed by atoms with Crippen LogP contribution < -0.4 is 5.32 Å². The van der Waals surface area contributed by atoms with Crippen molar-refractivity contribution >= 4 is 45.8 Å². The first-order valence-electron chi connectivity index (χ1n) is 11.0. The molecule has 1 amide bonds. The highest BCUT2D eigenvalue weighted by Crippen LogP contribution is 2.33. The molecule has 0 aliphatic carbocycles. The minimum absolute atomic E-state index is 0.175. The maximum Gasteiger partial charge on any atom is 0.238 e. The fourth-order valence-corrected chi connectivity index (χ4v) is 6.07. The molecule has 0 bridgehead atoms. The maximum absolute atomic E-state index is 13.0. The van der Waals surface area contributed by atoms with Gasteiger partial charge in [-0.05, 0) is 57.5 Å². The Morgan fingerprint density at radius 3 is 2.51 bits per heavy atom. The summed E-state index contributed by atoms with van der Waals surface area (Å²) in [5.41, 5.74) is 3.61. The Labute approximate surface area is 217 Å². The lowest BCUT2D eigenvalue weighted by molar-refractivity contribution is -0.115. The molecular formula is C26H25N5OS3. The number of carbonyl (C=O) groups is 1. The first kappa shape index (κ1) is 25.0. The van der Waals surface area contributed by atoms with Gasteiger partial charge in [-0.15, -0.1) is 33.3 Å². The zero-order chi connectivity index (χ0) is 24.9. The van der Waals surface area contributed by atoms with Crippen molar-refractivity contribution in [3.05, 3.63) is 82.0 Å². The fourth-order valence-electron chi connectivity index (χ4n) is 3.36. The summed E-state index contributed by atoms with van der Waals surface area (Å²) in [6.07, 6.45) is 0. The molecule has 0 aliphatic heterocycles. The van der Waals surface area contributed by atoms with Crippen LogP contribution in [0, 0.1) is 32.1 Å². The zero-order valence-corrected chi connectivity index (χ0v) is 22.4. The summed E-state index contributed by atoms with van der Waals surface area (Å²) in [5.74, 6) is 1.28. The fraction of sp³-hybridized carbons (Fsp3) is 0.231. The van der Waals surface area contributed by atoms with Crippen LogP contribution >= 0.6 is 34.9 Å². The standard InChI is InChI=1S/C26H25N5OS3/c1-16-10-12-21(13-11-16)33-15-23-29-30-26(31(23)20-8-6-5-7-9-20)35-19(4)24(32)28-25-22(14-27)17(2)18(3)34-25/h5-13,19H,15H2,1-4H3,(H,28,32). The van der Waals surface area contributed by atoms with E-state index in [0.29, 0.717) is 21.5 Å². The number of rotatable bonds is 8. The van der Waals surface area contributed by atoms with Crippen LogP contribution in [-0.2, 0) is 10.5 Å². The van der Waals surface area contributed by atoms with Gasteiger partial charge in [0, 0.05) is 15.5 Å². The molecule has 0 radical (unpaired) electrons. The minimum Gasteiger partial charge on any atom is -0.316 e. The number of aromatic nitrogens is 3. The number of benzene rings is 2. The quantitative estimate of drug-likeness (QED) is 0.266. The highest BCUT2D eigenvalue weighted by Gasteiger charge is 2.23. The smallest absolute Gasteiger partial charge is 0.238 e. The van der Waals surface area contributed by atoms with Gasteiger partial charge in [0.1, 0.15) is 16.9 Å². The lowest BCUT2D eigenvalue weighted by Crippen LogP contribution is -2.22. The van der Waals surface area contributed by atoms with Crippen LogP contribution in [0.2, 0.25) is 0 Å².